The number of ether oxygens (including phenoxy) is 1. The zero-order valence-corrected chi connectivity index (χ0v) is 16.8. The van der Waals surface area contributed by atoms with E-state index in [9.17, 15) is 23.3 Å². The minimum Gasteiger partial charge on any atom is -0.482 e. The number of nitro benzene ring substituents is 1. The van der Waals surface area contributed by atoms with E-state index in [0.717, 1.165) is 41.8 Å². The highest BCUT2D eigenvalue weighted by atomic mass is 35.5. The molecule has 0 spiro atoms. The van der Waals surface area contributed by atoms with Crippen molar-refractivity contribution in [3.8, 4) is 5.75 Å². The average Bonchev–Trinajstić information content (AvgIpc) is 3.16. The van der Waals surface area contributed by atoms with E-state index in [1.54, 1.807) is 24.3 Å². The first-order chi connectivity index (χ1) is 13.8. The van der Waals surface area contributed by atoms with Gasteiger partial charge < -0.3 is 4.74 Å². The Kier molecular flexibility index (Phi) is 6.11. The van der Waals surface area contributed by atoms with Crippen LogP contribution in [0.5, 0.6) is 5.75 Å². The summed E-state index contributed by atoms with van der Waals surface area (Å²) in [5.74, 6) is -0.205. The van der Waals surface area contributed by atoms with Gasteiger partial charge in [-0.05, 0) is 24.3 Å². The Morgan fingerprint density at radius 1 is 1.21 bits per heavy atom. The summed E-state index contributed by atoms with van der Waals surface area (Å²) < 4.78 is 30.4. The van der Waals surface area contributed by atoms with Gasteiger partial charge in [0.1, 0.15) is 9.96 Å². The van der Waals surface area contributed by atoms with Crippen molar-refractivity contribution < 1.29 is 22.9 Å². The molecule has 2 aromatic carbocycles. The van der Waals surface area contributed by atoms with Crippen molar-refractivity contribution in [3.63, 3.8) is 0 Å². The van der Waals surface area contributed by atoms with E-state index in [2.05, 4.69) is 10.3 Å². The summed E-state index contributed by atoms with van der Waals surface area (Å²) in [4.78, 5) is 25.8. The fourth-order valence-electron chi connectivity index (χ4n) is 2.16. The summed E-state index contributed by atoms with van der Waals surface area (Å²) in [6.45, 7) is -0.340. The molecule has 150 valence electrons. The van der Waals surface area contributed by atoms with Crippen LogP contribution in [-0.4, -0.2) is 30.8 Å². The number of carbonyl (C=O) groups excluding carboxylic acids is 1. The lowest BCUT2D eigenvalue weighted by Gasteiger charge is -2.07. The zero-order chi connectivity index (χ0) is 21.0. The minimum absolute atomic E-state index is 0.0678. The number of carbonyl (C=O) groups is 1. The molecule has 0 fully saturated rings. The normalized spacial score (nSPS) is 11.1. The van der Waals surface area contributed by atoms with Gasteiger partial charge in [0.15, 0.2) is 11.7 Å². The van der Waals surface area contributed by atoms with Gasteiger partial charge in [-0.1, -0.05) is 35.1 Å². The van der Waals surface area contributed by atoms with Gasteiger partial charge in [-0.15, -0.1) is 0 Å². The van der Waals surface area contributed by atoms with Crippen molar-refractivity contribution in [2.24, 2.45) is 0 Å². The van der Waals surface area contributed by atoms with Gasteiger partial charge in [-0.3, -0.25) is 20.2 Å². The van der Waals surface area contributed by atoms with E-state index in [1.165, 1.54) is 0 Å². The summed E-state index contributed by atoms with van der Waals surface area (Å²) in [7, 11) is -3.92. The van der Waals surface area contributed by atoms with E-state index in [0.29, 0.717) is 10.8 Å². The molecule has 0 atom stereocenters. The second-order valence-corrected chi connectivity index (χ2v) is 9.12. The number of para-hydroxylation sites is 1. The number of hydrogen-bond acceptors (Lipinski definition) is 8. The second kappa shape index (κ2) is 8.55. The number of nitrogens with one attached hydrogen (secondary N) is 1. The van der Waals surface area contributed by atoms with E-state index >= 15 is 0 Å². The molecule has 0 aliphatic rings. The Bertz CT molecular complexity index is 1160. The van der Waals surface area contributed by atoms with Crippen molar-refractivity contribution in [3.05, 3.63) is 69.9 Å². The molecule has 1 amide bonds. The molecule has 3 rings (SSSR count). The van der Waals surface area contributed by atoms with Crippen LogP contribution < -0.4 is 10.1 Å². The summed E-state index contributed by atoms with van der Waals surface area (Å²) in [6, 6.07) is 11.1. The molecule has 29 heavy (non-hydrogen) atoms. The Morgan fingerprint density at radius 2 is 1.90 bits per heavy atom. The molecule has 0 bridgehead atoms. The van der Waals surface area contributed by atoms with Crippen LogP contribution in [-0.2, 0) is 14.6 Å². The summed E-state index contributed by atoms with van der Waals surface area (Å²) in [5, 5.41) is 13.6. The zero-order valence-electron chi connectivity index (χ0n) is 14.4. The lowest BCUT2D eigenvalue weighted by Crippen LogP contribution is -2.20. The van der Waals surface area contributed by atoms with Gasteiger partial charge in [0.25, 0.3) is 11.6 Å². The fourth-order valence-corrected chi connectivity index (χ4v) is 4.80. The molecule has 0 unspecified atom stereocenters. The molecule has 0 radical (unpaired) electrons. The van der Waals surface area contributed by atoms with Crippen molar-refractivity contribution in [1.29, 1.82) is 0 Å². The average molecular weight is 454 g/mol. The topological polar surface area (TPSA) is 128 Å². The third kappa shape index (κ3) is 4.88. The van der Waals surface area contributed by atoms with Gasteiger partial charge in [-0.25, -0.2) is 13.4 Å². The molecule has 1 N–H and O–H groups in total. The van der Waals surface area contributed by atoms with Crippen LogP contribution in [0.15, 0.2) is 63.8 Å². The fraction of sp³-hybridized carbons (Fsp3) is 0.0588. The van der Waals surface area contributed by atoms with E-state index in [1.807, 2.05) is 0 Å². The molecule has 0 aliphatic heterocycles. The summed E-state index contributed by atoms with van der Waals surface area (Å²) in [6.07, 6.45) is 1.10. The number of thiazole rings is 1. The maximum atomic E-state index is 12.6. The number of sulfone groups is 1. The summed E-state index contributed by atoms with van der Waals surface area (Å²) >= 11 is 6.69. The Balaban J connectivity index is 1.67. The van der Waals surface area contributed by atoms with Gasteiger partial charge >= 0.3 is 0 Å². The lowest BCUT2D eigenvalue weighted by molar-refractivity contribution is -0.384. The number of aromatic nitrogens is 1. The van der Waals surface area contributed by atoms with Crippen LogP contribution in [0.2, 0.25) is 5.02 Å². The molecule has 0 aliphatic carbocycles. The van der Waals surface area contributed by atoms with Crippen LogP contribution >= 0.6 is 22.9 Å². The number of nitro groups is 1. The number of nitrogens with zero attached hydrogens (tertiary/aromatic N) is 2. The molecule has 12 heteroatoms. The van der Waals surface area contributed by atoms with E-state index in [-0.39, 0.29) is 26.5 Å². The third-order valence-corrected chi connectivity index (χ3v) is 7.00. The van der Waals surface area contributed by atoms with Crippen molar-refractivity contribution in [2.45, 2.75) is 9.10 Å². The van der Waals surface area contributed by atoms with Gasteiger partial charge in [-0.2, -0.15) is 0 Å². The molecule has 1 aromatic heterocycles. The smallest absolute Gasteiger partial charge is 0.269 e. The minimum atomic E-state index is -3.92. The molecule has 1 heterocycles. The predicted octanol–water partition coefficient (Wildman–Crippen LogP) is 3.56. The van der Waals surface area contributed by atoms with Crippen LogP contribution in [0, 0.1) is 10.1 Å². The van der Waals surface area contributed by atoms with Crippen LogP contribution in [0.3, 0.4) is 0 Å². The molecular formula is C17H12ClN3O6S2. The van der Waals surface area contributed by atoms with Crippen LogP contribution in [0.1, 0.15) is 0 Å². The maximum absolute atomic E-state index is 12.6. The molecular weight excluding hydrogens is 442 g/mol. The number of benzene rings is 2. The Hall–Kier alpha value is -3.02. The van der Waals surface area contributed by atoms with Crippen molar-refractivity contribution >= 4 is 49.5 Å². The second-order valence-electron chi connectivity index (χ2n) is 5.51. The largest absolute Gasteiger partial charge is 0.482 e. The van der Waals surface area contributed by atoms with Gasteiger partial charge in [0.05, 0.1) is 21.0 Å². The number of amides is 1. The highest BCUT2D eigenvalue weighted by Gasteiger charge is 2.22. The highest BCUT2D eigenvalue weighted by Crippen LogP contribution is 2.29. The third-order valence-electron chi connectivity index (χ3n) is 3.55. The molecule has 0 saturated carbocycles. The van der Waals surface area contributed by atoms with Crippen LogP contribution in [0.4, 0.5) is 10.8 Å². The van der Waals surface area contributed by atoms with Crippen LogP contribution in [0.25, 0.3) is 0 Å². The standard InChI is InChI=1S/C17H12ClN3O6S2/c18-13-3-1-2-4-14(13)27-10-15(22)20-17-19-9-16(28-17)29(25,26)12-7-5-11(6-8-12)21(23)24/h1-9H,10H2,(H,19,20,22). The van der Waals surface area contributed by atoms with E-state index < -0.39 is 20.7 Å². The molecule has 3 aromatic rings. The van der Waals surface area contributed by atoms with E-state index in [4.69, 9.17) is 16.3 Å². The first-order valence-electron chi connectivity index (χ1n) is 7.90. The number of non-ortho nitro benzene ring substituents is 1. The molecule has 0 saturated heterocycles. The molecule has 9 nitrogen and oxygen atoms in total. The quantitative estimate of drug-likeness (QED) is 0.427. The SMILES string of the molecule is O=C(COc1ccccc1Cl)Nc1ncc(S(=O)(=O)c2ccc([N+](=O)[O-])cc2)s1. The summed E-state index contributed by atoms with van der Waals surface area (Å²) in [5.41, 5.74) is -0.222. The number of halogens is 1. The number of anilines is 1. The first-order valence-corrected chi connectivity index (χ1v) is 10.6. The number of hydrogen-bond donors (Lipinski definition) is 1. The van der Waals surface area contributed by atoms with Crippen molar-refractivity contribution in [1.82, 2.24) is 4.98 Å². The predicted molar refractivity (Wildman–Crippen MR) is 106 cm³/mol. The number of rotatable bonds is 7. The van der Waals surface area contributed by atoms with Gasteiger partial charge in [0, 0.05) is 12.1 Å². The monoisotopic (exact) mass is 453 g/mol. The van der Waals surface area contributed by atoms with Gasteiger partial charge in [0.2, 0.25) is 9.84 Å². The lowest BCUT2D eigenvalue weighted by atomic mass is 10.3. The Labute approximate surface area is 174 Å². The Morgan fingerprint density at radius 3 is 2.55 bits per heavy atom. The first kappa shape index (κ1) is 20.7. The highest BCUT2D eigenvalue weighted by molar-refractivity contribution is 7.93. The van der Waals surface area contributed by atoms with Crippen molar-refractivity contribution in [2.75, 3.05) is 11.9 Å². The maximum Gasteiger partial charge on any atom is 0.269 e.